The number of rotatable bonds is 49. The molecule has 8 aliphatic rings. The Hall–Kier alpha value is -4.63. The fourth-order valence-electron chi connectivity index (χ4n) is 21.5. The molecular formula is C90H146O19. The number of ketones is 2. The first kappa shape index (κ1) is 91.6. The van der Waals surface area contributed by atoms with E-state index in [9.17, 15) is 69.3 Å². The molecular weight excluding hydrogens is 1380 g/mol. The summed E-state index contributed by atoms with van der Waals surface area (Å²) in [5.74, 6) is -10.0. The molecule has 109 heavy (non-hydrogen) atoms. The number of unbranched alkanes of at least 4 members (excludes halogenated alkanes) is 29. The van der Waals surface area contributed by atoms with Gasteiger partial charge >= 0.3 is 29.8 Å². The number of hydrogen-bond acceptors (Lipinski definition) is 17. The van der Waals surface area contributed by atoms with E-state index >= 15 is 0 Å². The molecule has 0 amide bonds. The Bertz CT molecular complexity index is 3160. The number of carboxylic acid groups (broad SMARTS) is 2. The summed E-state index contributed by atoms with van der Waals surface area (Å²) in [7, 11) is 0. The van der Waals surface area contributed by atoms with Crippen molar-refractivity contribution in [1.82, 2.24) is 0 Å². The molecule has 0 aromatic rings. The fraction of sp³-hybridized carbons (Fsp3) is 0.833. The molecule has 2 unspecified atom stereocenters. The van der Waals surface area contributed by atoms with Crippen LogP contribution in [0.25, 0.3) is 0 Å². The number of hydrogen-bond donors (Lipinski definition) is 8. The third kappa shape index (κ3) is 20.2. The predicted octanol–water partition coefficient (Wildman–Crippen LogP) is 17.0. The molecule has 4 fully saturated rings. The van der Waals surface area contributed by atoms with E-state index in [1.54, 1.807) is 39.0 Å². The number of carbonyl (C=O) groups excluding carboxylic acids is 5. The van der Waals surface area contributed by atoms with Crippen molar-refractivity contribution in [3.05, 3.63) is 46.6 Å². The molecule has 620 valence electrons. The summed E-state index contributed by atoms with van der Waals surface area (Å²) in [4.78, 5) is 91.2. The van der Waals surface area contributed by atoms with Gasteiger partial charge in [0.2, 0.25) is 0 Å². The van der Waals surface area contributed by atoms with Crippen LogP contribution in [0, 0.1) is 64.1 Å². The topological polar surface area (TPSA) is 318 Å². The van der Waals surface area contributed by atoms with Crippen molar-refractivity contribution >= 4 is 41.4 Å². The Morgan fingerprint density at radius 2 is 0.771 bits per heavy atom. The first-order valence-corrected chi connectivity index (χ1v) is 43.4. The third-order valence-corrected chi connectivity index (χ3v) is 27.8. The van der Waals surface area contributed by atoms with Gasteiger partial charge in [0.05, 0.1) is 36.9 Å². The first-order valence-electron chi connectivity index (χ1n) is 43.4. The highest BCUT2D eigenvalue weighted by Gasteiger charge is 2.89. The standard InChI is InChI=1S/C50H82O11.C40H64O8/c1-7-8-9-10-11-12-13-14-19-22-25-28-43(56)60-46-36(4)49(59)38(31-37(33-51)32-48(58)40(49)29-35(3)45(48)57)44-47(5,6)50(44,46)61-39(34(2)30-42(54)55)26-23-20-17-15-16-18-21-24-27-41(52)53;1-7-9-11-13-15-17-19-21-32(42)47-36-28(4)39(46)30(24-29(26-41)25-38(45)31(39)23-27(3)35(38)44)34-37(5,6)40(34,36)48-33(43)22-20-18-16-14-12-10-8-2/h29,31,34,36,38-40,44,46,51,58-59H,7-28,30,32-33H2,1-6H3,(H,52,53)(H,54,55);23-24,28,30-31,34,36,41,45-46H,7-22,25-26H2,1-6H3/t34?,36-,38+,39?,40-,44-,46-,48-,49-,50-;28-,30+,31-,34-,36-,38-,39-,40-/m11/s1. The quantitative estimate of drug-likeness (QED) is 0.0121. The number of fused-ring (bicyclic) bond motifs is 10. The van der Waals surface area contributed by atoms with Gasteiger partial charge in [0, 0.05) is 96.7 Å². The number of carboxylic acids is 2. The maximum absolute atomic E-state index is 14.0. The summed E-state index contributed by atoms with van der Waals surface area (Å²) in [6, 6.07) is 0. The highest BCUT2D eigenvalue weighted by molar-refractivity contribution is 6.05. The van der Waals surface area contributed by atoms with Crippen LogP contribution in [0.2, 0.25) is 0 Å². The number of aliphatic hydroxyl groups excluding tert-OH is 2. The Kier molecular flexibility index (Phi) is 34.1. The van der Waals surface area contributed by atoms with Gasteiger partial charge in [-0.1, -0.05) is 280 Å². The second-order valence-electron chi connectivity index (χ2n) is 36.2. The van der Waals surface area contributed by atoms with Gasteiger partial charge in [0.15, 0.2) is 17.2 Å². The molecule has 0 aromatic heterocycles. The Balaban J connectivity index is 0.000000312. The lowest BCUT2D eigenvalue weighted by molar-refractivity contribution is -0.240. The highest BCUT2D eigenvalue weighted by atomic mass is 16.6. The van der Waals surface area contributed by atoms with E-state index < -0.39 is 146 Å². The molecule has 0 heterocycles. The summed E-state index contributed by atoms with van der Waals surface area (Å²) < 4.78 is 26.8. The normalized spacial score (nSPS) is 32.6. The van der Waals surface area contributed by atoms with Crippen LogP contribution >= 0.6 is 0 Å². The van der Waals surface area contributed by atoms with E-state index in [1.165, 1.54) is 83.5 Å². The molecule has 19 heteroatoms. The highest BCUT2D eigenvalue weighted by Crippen LogP contribution is 2.79. The van der Waals surface area contributed by atoms with Crippen molar-refractivity contribution in [1.29, 1.82) is 0 Å². The smallest absolute Gasteiger partial charge is 0.306 e. The fourth-order valence-corrected chi connectivity index (χ4v) is 21.5. The minimum Gasteiger partial charge on any atom is -0.481 e. The molecule has 19 nitrogen and oxygen atoms in total. The van der Waals surface area contributed by atoms with Crippen molar-refractivity contribution in [2.75, 3.05) is 13.2 Å². The van der Waals surface area contributed by atoms with Gasteiger partial charge in [0.25, 0.3) is 0 Å². The van der Waals surface area contributed by atoms with Gasteiger partial charge in [-0.3, -0.25) is 33.6 Å². The SMILES string of the molecule is CCCCCCCCCC(=O)O[C@@H]1[C@@H](C)[C@@]2(O)[C@@H](C=C(CO)C[C@]3(O)C(=O)C(C)=C[C@@H]23)[C@@H]2C(C)(C)[C@]12OC(=O)CCCCCCCCC.CCCCCCCCCCCCCC(=O)O[C@@H]1[C@@H](C)[C@@]2(O)[C@@H](C=C(CO)C[C@]3(O)C(=O)C(C)=C[C@@H]23)[C@@H]2C(C)(C)[C@]12OC(CCCCCCCCCCC(=O)O)C(C)CC(=O)O. The summed E-state index contributed by atoms with van der Waals surface area (Å²) in [6.07, 6.45) is 40.5. The largest absolute Gasteiger partial charge is 0.481 e. The predicted molar refractivity (Wildman–Crippen MR) is 421 cm³/mol. The van der Waals surface area contributed by atoms with Crippen LogP contribution in [-0.2, 0) is 52.5 Å². The van der Waals surface area contributed by atoms with Gasteiger partial charge in [-0.05, 0) is 74.2 Å². The van der Waals surface area contributed by atoms with Crippen molar-refractivity contribution in [3.8, 4) is 0 Å². The Labute approximate surface area is 653 Å². The average Bonchev–Trinajstić information content (AvgIpc) is 1.47. The third-order valence-electron chi connectivity index (χ3n) is 27.8. The van der Waals surface area contributed by atoms with Crippen molar-refractivity contribution in [2.45, 2.75) is 398 Å². The number of esters is 3. The van der Waals surface area contributed by atoms with E-state index in [-0.39, 0.29) is 69.4 Å². The van der Waals surface area contributed by atoms with Crippen LogP contribution in [0.3, 0.4) is 0 Å². The minimum absolute atomic E-state index is 0.104. The first-order chi connectivity index (χ1) is 51.7. The lowest BCUT2D eigenvalue weighted by Gasteiger charge is -2.54. The zero-order valence-electron chi connectivity index (χ0n) is 69.2. The summed E-state index contributed by atoms with van der Waals surface area (Å²) >= 11 is 0. The van der Waals surface area contributed by atoms with E-state index in [2.05, 4.69) is 20.8 Å². The van der Waals surface area contributed by atoms with Gasteiger partial charge in [0.1, 0.15) is 29.0 Å². The number of carbonyl (C=O) groups is 7. The van der Waals surface area contributed by atoms with Crippen molar-refractivity contribution in [2.24, 2.45) is 64.1 Å². The van der Waals surface area contributed by atoms with E-state index in [0.29, 0.717) is 54.4 Å². The van der Waals surface area contributed by atoms with Crippen molar-refractivity contribution in [3.63, 3.8) is 0 Å². The van der Waals surface area contributed by atoms with E-state index in [4.69, 9.17) is 24.1 Å². The Morgan fingerprint density at radius 3 is 1.13 bits per heavy atom. The lowest BCUT2D eigenvalue weighted by atomic mass is 9.59. The zero-order valence-corrected chi connectivity index (χ0v) is 69.2. The van der Waals surface area contributed by atoms with Gasteiger partial charge in [-0.2, -0.15) is 0 Å². The minimum atomic E-state index is -1.97. The van der Waals surface area contributed by atoms with Crippen LogP contribution < -0.4 is 0 Å². The summed E-state index contributed by atoms with van der Waals surface area (Å²) in [6.45, 7) is 22.7. The van der Waals surface area contributed by atoms with Crippen LogP contribution in [-0.4, -0.2) is 147 Å². The molecule has 8 aliphatic carbocycles. The molecule has 0 spiro atoms. The van der Waals surface area contributed by atoms with Crippen LogP contribution in [0.4, 0.5) is 0 Å². The van der Waals surface area contributed by atoms with Crippen LogP contribution in [0.1, 0.15) is 346 Å². The molecule has 8 rings (SSSR count). The van der Waals surface area contributed by atoms with E-state index in [0.717, 1.165) is 103 Å². The molecule has 18 atom stereocenters. The molecule has 0 saturated heterocycles. The lowest BCUT2D eigenvalue weighted by Crippen LogP contribution is -2.66. The number of aliphatic hydroxyl groups is 6. The monoisotopic (exact) mass is 1530 g/mol. The van der Waals surface area contributed by atoms with Gasteiger partial charge in [-0.15, -0.1) is 0 Å². The van der Waals surface area contributed by atoms with Gasteiger partial charge < -0.3 is 59.8 Å². The molecule has 0 aliphatic heterocycles. The number of aliphatic carboxylic acids is 2. The molecule has 0 bridgehead atoms. The second-order valence-corrected chi connectivity index (χ2v) is 36.2. The van der Waals surface area contributed by atoms with Gasteiger partial charge in [-0.25, -0.2) is 0 Å². The zero-order chi connectivity index (χ0) is 80.3. The maximum Gasteiger partial charge on any atom is 0.306 e. The number of ether oxygens (including phenoxy) is 4. The maximum atomic E-state index is 14.0. The molecule has 4 saturated carbocycles. The average molecular weight is 1530 g/mol. The molecule has 0 radical (unpaired) electrons. The summed E-state index contributed by atoms with van der Waals surface area (Å²) in [5.41, 5.74) is -9.45. The molecule has 8 N–H and O–H groups in total. The van der Waals surface area contributed by atoms with Crippen molar-refractivity contribution < 1.29 is 93.4 Å². The Morgan fingerprint density at radius 1 is 0.450 bits per heavy atom. The number of Topliss-reactive ketones (excluding diaryl/α,β-unsaturated/α-hetero) is 2. The van der Waals surface area contributed by atoms with E-state index in [1.807, 2.05) is 47.6 Å². The van der Waals surface area contributed by atoms with Crippen LogP contribution in [0.15, 0.2) is 46.6 Å². The van der Waals surface area contributed by atoms with Crippen LogP contribution in [0.5, 0.6) is 0 Å². The molecule has 0 aromatic carbocycles. The summed E-state index contributed by atoms with van der Waals surface area (Å²) in [5, 5.41) is 90.2. The second kappa shape index (κ2) is 40.6.